The molecule has 0 N–H and O–H groups in total. The average Bonchev–Trinajstić information content (AvgIpc) is 2.91. The Hall–Kier alpha value is -1.84. The van der Waals surface area contributed by atoms with Crippen molar-refractivity contribution >= 4 is 12.0 Å². The fraction of sp³-hybridized carbons (Fsp3) is 0.500. The summed E-state index contributed by atoms with van der Waals surface area (Å²) in [6, 6.07) is 9.72. The lowest BCUT2D eigenvalue weighted by atomic mass is 10.0. The van der Waals surface area contributed by atoms with Crippen LogP contribution in [0.4, 0.5) is 4.79 Å². The lowest BCUT2D eigenvalue weighted by Crippen LogP contribution is -2.41. The molecule has 4 heteroatoms. The number of hydrogen-bond acceptors (Lipinski definition) is 3. The number of nitrogens with zero attached hydrogens (tertiary/aromatic N) is 1. The van der Waals surface area contributed by atoms with E-state index in [-0.39, 0.29) is 23.3 Å². The number of amides is 2. The number of ether oxygens (including phenoxy) is 1. The van der Waals surface area contributed by atoms with Gasteiger partial charge in [0.2, 0.25) is 5.91 Å². The number of rotatable bonds is 3. The molecule has 1 saturated heterocycles. The predicted molar refractivity (Wildman–Crippen MR) is 74.0 cm³/mol. The predicted octanol–water partition coefficient (Wildman–Crippen LogP) is 2.62. The molecule has 1 aliphatic heterocycles. The van der Waals surface area contributed by atoms with E-state index in [9.17, 15) is 9.59 Å². The van der Waals surface area contributed by atoms with Gasteiger partial charge in [0.25, 0.3) is 0 Å². The monoisotopic (exact) mass is 273 g/mol. The van der Waals surface area contributed by atoms with Crippen molar-refractivity contribution in [2.45, 2.75) is 32.7 Å². The maximum atomic E-state index is 12.5. The lowest BCUT2D eigenvalue weighted by molar-refractivity contribution is -0.131. The zero-order valence-electron chi connectivity index (χ0n) is 11.8. The minimum Gasteiger partial charge on any atom is -0.447 e. The van der Waals surface area contributed by atoms with Gasteiger partial charge in [-0.3, -0.25) is 4.79 Å². The van der Waals surface area contributed by atoms with E-state index in [1.54, 1.807) is 0 Å². The molecule has 0 spiro atoms. The fourth-order valence-corrected chi connectivity index (χ4v) is 2.82. The van der Waals surface area contributed by atoms with Crippen molar-refractivity contribution in [3.63, 3.8) is 0 Å². The largest absolute Gasteiger partial charge is 0.447 e. The number of benzene rings is 1. The first-order chi connectivity index (χ1) is 9.49. The zero-order valence-corrected chi connectivity index (χ0v) is 11.8. The molecule has 1 aromatic carbocycles. The van der Waals surface area contributed by atoms with Crippen LogP contribution in [0.2, 0.25) is 0 Å². The Morgan fingerprint density at radius 3 is 2.60 bits per heavy atom. The van der Waals surface area contributed by atoms with Gasteiger partial charge in [-0.05, 0) is 23.8 Å². The topological polar surface area (TPSA) is 46.6 Å². The van der Waals surface area contributed by atoms with Crippen LogP contribution < -0.4 is 0 Å². The number of imide groups is 1. The summed E-state index contributed by atoms with van der Waals surface area (Å²) in [5.74, 6) is -0.107. The molecule has 0 aromatic heterocycles. The normalized spacial score (nSPS) is 27.3. The second-order valence-corrected chi connectivity index (χ2v) is 6.37. The van der Waals surface area contributed by atoms with Gasteiger partial charge >= 0.3 is 6.09 Å². The van der Waals surface area contributed by atoms with Crippen LogP contribution in [0.15, 0.2) is 30.3 Å². The summed E-state index contributed by atoms with van der Waals surface area (Å²) in [5, 5.41) is 0. The fourth-order valence-electron chi connectivity index (χ4n) is 2.82. The molecule has 0 radical (unpaired) electrons. The number of carbonyl (C=O) groups excluding carboxylic acids is 2. The summed E-state index contributed by atoms with van der Waals surface area (Å²) in [6.07, 6.45) is 1.03. The van der Waals surface area contributed by atoms with E-state index in [0.717, 1.165) is 12.0 Å². The first-order valence-corrected chi connectivity index (χ1v) is 7.03. The molecular weight excluding hydrogens is 254 g/mol. The van der Waals surface area contributed by atoms with Gasteiger partial charge in [0, 0.05) is 5.92 Å². The van der Waals surface area contributed by atoms with Crippen LogP contribution in [-0.2, 0) is 16.0 Å². The Morgan fingerprint density at radius 2 is 2.00 bits per heavy atom. The van der Waals surface area contributed by atoms with Gasteiger partial charge in [-0.1, -0.05) is 44.2 Å². The summed E-state index contributed by atoms with van der Waals surface area (Å²) < 4.78 is 5.08. The standard InChI is InChI=1S/C16H19NO3/c1-16(2)9-13(16)14(18)17-12(10-20-15(17)19)8-11-6-4-3-5-7-11/h3-7,12-13H,8-10H2,1-2H3/t12?,13-/m1/s1. The molecule has 0 bridgehead atoms. The van der Waals surface area contributed by atoms with Crippen LogP contribution >= 0.6 is 0 Å². The summed E-state index contributed by atoms with van der Waals surface area (Å²) in [4.78, 5) is 25.6. The van der Waals surface area contributed by atoms with Crippen molar-refractivity contribution < 1.29 is 14.3 Å². The first-order valence-electron chi connectivity index (χ1n) is 7.03. The van der Waals surface area contributed by atoms with Crippen LogP contribution in [0, 0.1) is 11.3 Å². The first kappa shape index (κ1) is 13.2. The number of hydrogen-bond donors (Lipinski definition) is 0. The highest BCUT2D eigenvalue weighted by Crippen LogP contribution is 2.52. The van der Waals surface area contributed by atoms with E-state index in [2.05, 4.69) is 13.8 Å². The summed E-state index contributed by atoms with van der Waals surface area (Å²) in [5.41, 5.74) is 1.14. The van der Waals surface area contributed by atoms with E-state index in [1.807, 2.05) is 30.3 Å². The Balaban J connectivity index is 1.74. The van der Waals surface area contributed by atoms with Gasteiger partial charge in [0.15, 0.2) is 0 Å². The zero-order chi connectivity index (χ0) is 14.3. The van der Waals surface area contributed by atoms with Gasteiger partial charge in [-0.25, -0.2) is 9.69 Å². The van der Waals surface area contributed by atoms with Crippen molar-refractivity contribution in [1.29, 1.82) is 0 Å². The van der Waals surface area contributed by atoms with Crippen molar-refractivity contribution in [2.24, 2.45) is 11.3 Å². The molecule has 2 aliphatic rings. The highest BCUT2D eigenvalue weighted by atomic mass is 16.6. The Morgan fingerprint density at radius 1 is 1.35 bits per heavy atom. The number of cyclic esters (lactones) is 1. The smallest absolute Gasteiger partial charge is 0.416 e. The Bertz CT molecular complexity index is 538. The second-order valence-electron chi connectivity index (χ2n) is 6.37. The molecule has 1 saturated carbocycles. The van der Waals surface area contributed by atoms with Crippen molar-refractivity contribution in [2.75, 3.05) is 6.61 Å². The third-order valence-corrected chi connectivity index (χ3v) is 4.32. The minimum atomic E-state index is -0.487. The van der Waals surface area contributed by atoms with Crippen molar-refractivity contribution in [1.82, 2.24) is 4.90 Å². The Labute approximate surface area is 118 Å². The van der Waals surface area contributed by atoms with Crippen LogP contribution in [0.1, 0.15) is 25.8 Å². The molecule has 1 heterocycles. The van der Waals surface area contributed by atoms with E-state index < -0.39 is 6.09 Å². The Kier molecular flexibility index (Phi) is 3.04. The molecule has 2 amide bonds. The number of carbonyl (C=O) groups is 2. The maximum absolute atomic E-state index is 12.5. The second kappa shape index (κ2) is 4.62. The summed E-state index contributed by atoms with van der Waals surface area (Å²) >= 11 is 0. The minimum absolute atomic E-state index is 0.0250. The molecule has 2 fully saturated rings. The van der Waals surface area contributed by atoms with E-state index in [0.29, 0.717) is 13.0 Å². The molecule has 2 atom stereocenters. The molecule has 1 unspecified atom stereocenters. The van der Waals surface area contributed by atoms with Gasteiger partial charge in [0.05, 0.1) is 6.04 Å². The third kappa shape index (κ3) is 2.30. The molecular formula is C16H19NO3. The molecule has 3 rings (SSSR count). The lowest BCUT2D eigenvalue weighted by Gasteiger charge is -2.20. The maximum Gasteiger partial charge on any atom is 0.416 e. The quantitative estimate of drug-likeness (QED) is 0.850. The molecule has 106 valence electrons. The molecule has 20 heavy (non-hydrogen) atoms. The van der Waals surface area contributed by atoms with Crippen LogP contribution in [0.3, 0.4) is 0 Å². The van der Waals surface area contributed by atoms with Crippen molar-refractivity contribution in [3.05, 3.63) is 35.9 Å². The van der Waals surface area contributed by atoms with Crippen LogP contribution in [-0.4, -0.2) is 29.5 Å². The third-order valence-electron chi connectivity index (χ3n) is 4.32. The average molecular weight is 273 g/mol. The highest BCUT2D eigenvalue weighted by molar-refractivity contribution is 5.96. The van der Waals surface area contributed by atoms with Crippen LogP contribution in [0.5, 0.6) is 0 Å². The SMILES string of the molecule is CC1(C)C[C@@H]1C(=O)N1C(=O)OCC1Cc1ccccc1. The van der Waals surface area contributed by atoms with Crippen molar-refractivity contribution in [3.8, 4) is 0 Å². The van der Waals surface area contributed by atoms with E-state index in [4.69, 9.17) is 4.74 Å². The van der Waals surface area contributed by atoms with E-state index >= 15 is 0 Å². The van der Waals surface area contributed by atoms with E-state index in [1.165, 1.54) is 4.90 Å². The molecule has 4 nitrogen and oxygen atoms in total. The molecule has 1 aliphatic carbocycles. The van der Waals surface area contributed by atoms with Gasteiger partial charge < -0.3 is 4.74 Å². The molecule has 1 aromatic rings. The van der Waals surface area contributed by atoms with Gasteiger partial charge in [-0.15, -0.1) is 0 Å². The van der Waals surface area contributed by atoms with Gasteiger partial charge in [0.1, 0.15) is 6.61 Å². The van der Waals surface area contributed by atoms with Crippen LogP contribution in [0.25, 0.3) is 0 Å². The summed E-state index contributed by atoms with van der Waals surface area (Å²) in [6.45, 7) is 4.42. The highest BCUT2D eigenvalue weighted by Gasteiger charge is 2.55. The van der Waals surface area contributed by atoms with Gasteiger partial charge in [-0.2, -0.15) is 0 Å². The summed E-state index contributed by atoms with van der Waals surface area (Å²) in [7, 11) is 0.